The number of rotatable bonds is 8. The molecule has 0 spiro atoms. The fraction of sp³-hybridized carbons (Fsp3) is 0.278. The molecule has 164 valence electrons. The number of anilines is 1. The molecule has 0 aliphatic carbocycles. The topological polar surface area (TPSA) is 93.0 Å². The largest absolute Gasteiger partial charge is 0.418 e. The third-order valence-electron chi connectivity index (χ3n) is 4.02. The summed E-state index contributed by atoms with van der Waals surface area (Å²) in [6, 6.07) is 8.50. The minimum atomic E-state index is -4.60. The van der Waals surface area contributed by atoms with Crippen LogP contribution in [0.5, 0.6) is 0 Å². The van der Waals surface area contributed by atoms with E-state index in [1.807, 2.05) is 17.5 Å². The highest BCUT2D eigenvalue weighted by Gasteiger charge is 2.33. The van der Waals surface area contributed by atoms with Gasteiger partial charge in [-0.05, 0) is 34.0 Å². The van der Waals surface area contributed by atoms with Gasteiger partial charge in [-0.2, -0.15) is 13.2 Å². The standard InChI is InChI=1S/C18H17F3N6O2S2/c1-26(10-15(28)22-14-7-3-2-6-13(14)18(19,20)21)16(29)11-31-17-23-24-25-27(17)9-12-5-4-8-30-12/h2-8H,9-11H2,1H3,(H,22,28). The van der Waals surface area contributed by atoms with E-state index in [-0.39, 0.29) is 11.4 Å². The van der Waals surface area contributed by atoms with Crippen LogP contribution < -0.4 is 5.32 Å². The summed E-state index contributed by atoms with van der Waals surface area (Å²) in [4.78, 5) is 26.7. The van der Waals surface area contributed by atoms with Gasteiger partial charge in [0, 0.05) is 11.9 Å². The Morgan fingerprint density at radius 2 is 2.00 bits per heavy atom. The van der Waals surface area contributed by atoms with Gasteiger partial charge < -0.3 is 10.2 Å². The molecule has 0 unspecified atom stereocenters. The highest BCUT2D eigenvalue weighted by Crippen LogP contribution is 2.34. The first-order chi connectivity index (χ1) is 14.7. The van der Waals surface area contributed by atoms with Crippen LogP contribution in [0.1, 0.15) is 10.4 Å². The molecule has 0 aliphatic heterocycles. The van der Waals surface area contributed by atoms with Gasteiger partial charge in [-0.15, -0.1) is 16.4 Å². The molecular formula is C18H17F3N6O2S2. The average Bonchev–Trinajstić information content (AvgIpc) is 3.38. The number of halogens is 3. The molecule has 2 heterocycles. The number of nitrogens with zero attached hydrogens (tertiary/aromatic N) is 5. The molecule has 13 heteroatoms. The fourth-order valence-corrected chi connectivity index (χ4v) is 4.02. The lowest BCUT2D eigenvalue weighted by Crippen LogP contribution is -2.36. The van der Waals surface area contributed by atoms with Gasteiger partial charge in [-0.3, -0.25) is 9.59 Å². The number of tetrazole rings is 1. The number of nitrogens with one attached hydrogen (secondary N) is 1. The second-order valence-corrected chi connectivity index (χ2v) is 8.30. The summed E-state index contributed by atoms with van der Waals surface area (Å²) in [7, 11) is 1.40. The monoisotopic (exact) mass is 470 g/mol. The average molecular weight is 471 g/mol. The fourth-order valence-electron chi connectivity index (χ4n) is 2.52. The minimum Gasteiger partial charge on any atom is -0.336 e. The van der Waals surface area contributed by atoms with Gasteiger partial charge in [-0.25, -0.2) is 4.68 Å². The van der Waals surface area contributed by atoms with Crippen LogP contribution in [0.4, 0.5) is 18.9 Å². The van der Waals surface area contributed by atoms with E-state index in [9.17, 15) is 22.8 Å². The van der Waals surface area contributed by atoms with Crippen LogP contribution in [0, 0.1) is 0 Å². The number of likely N-dealkylation sites (N-methyl/N-ethyl adjacent to an activating group) is 1. The normalized spacial score (nSPS) is 11.4. The van der Waals surface area contributed by atoms with Crippen molar-refractivity contribution >= 4 is 40.6 Å². The van der Waals surface area contributed by atoms with Crippen molar-refractivity contribution in [2.24, 2.45) is 0 Å². The maximum atomic E-state index is 13.0. The Hall–Kier alpha value is -2.93. The highest BCUT2D eigenvalue weighted by molar-refractivity contribution is 7.99. The summed E-state index contributed by atoms with van der Waals surface area (Å²) >= 11 is 2.66. The molecule has 0 bridgehead atoms. The van der Waals surface area contributed by atoms with Gasteiger partial charge >= 0.3 is 6.18 Å². The van der Waals surface area contributed by atoms with Crippen LogP contribution in [0.25, 0.3) is 0 Å². The number of thioether (sulfide) groups is 1. The summed E-state index contributed by atoms with van der Waals surface area (Å²) in [5.74, 6) is -1.16. The number of amides is 2. The zero-order valence-corrected chi connectivity index (χ0v) is 17.8. The summed E-state index contributed by atoms with van der Waals surface area (Å²) in [6.45, 7) is 0.0732. The minimum absolute atomic E-state index is 0.0340. The van der Waals surface area contributed by atoms with Gasteiger partial charge in [0.2, 0.25) is 17.0 Å². The van der Waals surface area contributed by atoms with E-state index in [2.05, 4.69) is 20.8 Å². The molecular weight excluding hydrogens is 453 g/mol. The van der Waals surface area contributed by atoms with Crippen LogP contribution in [-0.4, -0.2) is 56.3 Å². The molecule has 0 saturated heterocycles. The molecule has 3 rings (SSSR count). The highest BCUT2D eigenvalue weighted by atomic mass is 32.2. The van der Waals surface area contributed by atoms with E-state index in [1.54, 1.807) is 16.0 Å². The zero-order valence-electron chi connectivity index (χ0n) is 16.2. The lowest BCUT2D eigenvalue weighted by Gasteiger charge is -2.18. The van der Waals surface area contributed by atoms with E-state index in [0.29, 0.717) is 11.7 Å². The Kier molecular flexibility index (Phi) is 7.28. The molecule has 1 aromatic carbocycles. The van der Waals surface area contributed by atoms with Gasteiger partial charge in [0.1, 0.15) is 0 Å². The molecule has 8 nitrogen and oxygen atoms in total. The lowest BCUT2D eigenvalue weighted by atomic mass is 10.1. The number of carbonyl (C=O) groups excluding carboxylic acids is 2. The molecule has 0 atom stereocenters. The first kappa shape index (κ1) is 22.7. The number of thiophene rings is 1. The summed E-state index contributed by atoms with van der Waals surface area (Å²) in [5.41, 5.74) is -1.31. The van der Waals surface area contributed by atoms with Crippen molar-refractivity contribution in [3.8, 4) is 0 Å². The molecule has 0 saturated carbocycles. The van der Waals surface area contributed by atoms with Crippen LogP contribution in [0.15, 0.2) is 46.9 Å². The van der Waals surface area contributed by atoms with Crippen molar-refractivity contribution in [2.45, 2.75) is 17.9 Å². The molecule has 0 aliphatic rings. The predicted molar refractivity (Wildman–Crippen MR) is 110 cm³/mol. The summed E-state index contributed by atoms with van der Waals surface area (Å²) in [6.07, 6.45) is -4.60. The van der Waals surface area contributed by atoms with Crippen molar-refractivity contribution in [1.82, 2.24) is 25.1 Å². The first-order valence-corrected chi connectivity index (χ1v) is 10.7. The van der Waals surface area contributed by atoms with E-state index in [0.717, 1.165) is 33.7 Å². The quantitative estimate of drug-likeness (QED) is 0.509. The maximum Gasteiger partial charge on any atom is 0.418 e. The Bertz CT molecular complexity index is 1040. The molecule has 0 fully saturated rings. The van der Waals surface area contributed by atoms with Crippen LogP contribution in [-0.2, 0) is 22.3 Å². The Balaban J connectivity index is 1.52. The van der Waals surface area contributed by atoms with E-state index >= 15 is 0 Å². The van der Waals surface area contributed by atoms with Crippen molar-refractivity contribution in [1.29, 1.82) is 0 Å². The molecule has 3 aromatic rings. The molecule has 31 heavy (non-hydrogen) atoms. The molecule has 2 aromatic heterocycles. The third kappa shape index (κ3) is 6.28. The second-order valence-electron chi connectivity index (χ2n) is 6.33. The Labute approximate surface area is 183 Å². The zero-order chi connectivity index (χ0) is 22.4. The molecule has 0 radical (unpaired) electrons. The van der Waals surface area contributed by atoms with Gasteiger partial charge in [-0.1, -0.05) is 30.0 Å². The summed E-state index contributed by atoms with van der Waals surface area (Å²) < 4.78 is 40.7. The third-order valence-corrected chi connectivity index (χ3v) is 5.83. The number of hydrogen-bond acceptors (Lipinski definition) is 7. The number of alkyl halides is 3. The Morgan fingerprint density at radius 3 is 2.71 bits per heavy atom. The van der Waals surface area contributed by atoms with Crippen molar-refractivity contribution in [2.75, 3.05) is 24.7 Å². The molecule has 2 amide bonds. The SMILES string of the molecule is CN(CC(=O)Nc1ccccc1C(F)(F)F)C(=O)CSc1nnnn1Cc1cccs1. The maximum absolute atomic E-state index is 13.0. The number of carbonyl (C=O) groups is 2. The van der Waals surface area contributed by atoms with E-state index in [1.165, 1.54) is 19.2 Å². The van der Waals surface area contributed by atoms with Crippen LogP contribution in [0.2, 0.25) is 0 Å². The second kappa shape index (κ2) is 9.92. The smallest absolute Gasteiger partial charge is 0.336 e. The van der Waals surface area contributed by atoms with Crippen LogP contribution in [0.3, 0.4) is 0 Å². The predicted octanol–water partition coefficient (Wildman–Crippen LogP) is 2.99. The van der Waals surface area contributed by atoms with Crippen molar-refractivity contribution in [3.63, 3.8) is 0 Å². The lowest BCUT2D eigenvalue weighted by molar-refractivity contribution is -0.137. The number of hydrogen-bond donors (Lipinski definition) is 1. The summed E-state index contributed by atoms with van der Waals surface area (Å²) in [5, 5.41) is 16.0. The van der Waals surface area contributed by atoms with E-state index in [4.69, 9.17) is 0 Å². The van der Waals surface area contributed by atoms with E-state index < -0.39 is 30.1 Å². The number of para-hydroxylation sites is 1. The number of aromatic nitrogens is 4. The number of benzene rings is 1. The van der Waals surface area contributed by atoms with Crippen molar-refractivity contribution in [3.05, 3.63) is 52.2 Å². The van der Waals surface area contributed by atoms with Gasteiger partial charge in [0.15, 0.2) is 0 Å². The Morgan fingerprint density at radius 1 is 1.23 bits per heavy atom. The van der Waals surface area contributed by atoms with Gasteiger partial charge in [0.05, 0.1) is 30.1 Å². The van der Waals surface area contributed by atoms with Crippen LogP contribution >= 0.6 is 23.1 Å². The molecule has 1 N–H and O–H groups in total. The van der Waals surface area contributed by atoms with Crippen molar-refractivity contribution < 1.29 is 22.8 Å². The first-order valence-electron chi connectivity index (χ1n) is 8.85. The van der Waals surface area contributed by atoms with Gasteiger partial charge in [0.25, 0.3) is 0 Å².